The molecule has 4 nitrogen and oxygen atoms in total. The van der Waals surface area contributed by atoms with Crippen molar-refractivity contribution < 1.29 is 10.0 Å². The predicted molar refractivity (Wildman–Crippen MR) is 44.9 cm³/mol. The molecule has 0 radical (unpaired) electrons. The molecule has 1 amide bonds. The van der Waals surface area contributed by atoms with Crippen molar-refractivity contribution in [3.8, 4) is 0 Å². The predicted octanol–water partition coefficient (Wildman–Crippen LogP) is 0.158. The molecule has 5 heteroatoms. The number of carbonyl (C=O) groups is 1. The second-order valence-electron chi connectivity index (χ2n) is 2.47. The fourth-order valence-electron chi connectivity index (χ4n) is 0.666. The number of amides is 1. The molecule has 68 valence electrons. The minimum Gasteiger partial charge on any atom is -0.358 e. The summed E-state index contributed by atoms with van der Waals surface area (Å²) in [6.45, 7) is 3.70. The van der Waals surface area contributed by atoms with Crippen LogP contribution in [-0.4, -0.2) is 24.2 Å². The van der Waals surface area contributed by atoms with E-state index in [-0.39, 0.29) is 24.2 Å². The SMILES string of the molecule is CNC(=O)[C@@H](NO)C(C)C.Cl. The van der Waals surface area contributed by atoms with Crippen molar-refractivity contribution in [2.24, 2.45) is 5.92 Å². The summed E-state index contributed by atoms with van der Waals surface area (Å²) in [6.07, 6.45) is 0. The molecular formula is C6H15ClN2O2. The molecule has 0 aromatic rings. The molecule has 0 bridgehead atoms. The Morgan fingerprint density at radius 2 is 1.91 bits per heavy atom. The normalized spacial score (nSPS) is 12.1. The molecule has 0 aliphatic rings. The lowest BCUT2D eigenvalue weighted by Gasteiger charge is -2.16. The van der Waals surface area contributed by atoms with E-state index in [0.717, 1.165) is 0 Å². The lowest BCUT2D eigenvalue weighted by molar-refractivity contribution is -0.126. The summed E-state index contributed by atoms with van der Waals surface area (Å²) < 4.78 is 0. The summed E-state index contributed by atoms with van der Waals surface area (Å²) in [5.41, 5.74) is 1.94. The standard InChI is InChI=1S/C6H14N2O2.ClH/c1-4(2)5(8-10)6(9)7-3;/h4-5,8,10H,1-3H3,(H,7,9);1H/t5-;/m0./s1. The number of hydrogen-bond acceptors (Lipinski definition) is 3. The van der Waals surface area contributed by atoms with Gasteiger partial charge in [0.1, 0.15) is 6.04 Å². The van der Waals surface area contributed by atoms with Gasteiger partial charge in [-0.05, 0) is 5.92 Å². The molecule has 11 heavy (non-hydrogen) atoms. The van der Waals surface area contributed by atoms with Gasteiger partial charge in [0.25, 0.3) is 0 Å². The molecule has 3 N–H and O–H groups in total. The molecule has 0 rings (SSSR count). The van der Waals surface area contributed by atoms with E-state index < -0.39 is 6.04 Å². The first-order valence-electron chi connectivity index (χ1n) is 3.24. The molecule has 0 unspecified atom stereocenters. The van der Waals surface area contributed by atoms with E-state index in [4.69, 9.17) is 5.21 Å². The van der Waals surface area contributed by atoms with Crippen LogP contribution < -0.4 is 10.8 Å². The van der Waals surface area contributed by atoms with Gasteiger partial charge >= 0.3 is 0 Å². The Labute approximate surface area is 72.7 Å². The van der Waals surface area contributed by atoms with Crippen LogP contribution in [0.3, 0.4) is 0 Å². The molecule has 0 aromatic carbocycles. The summed E-state index contributed by atoms with van der Waals surface area (Å²) in [5, 5.41) is 10.9. The van der Waals surface area contributed by atoms with Crippen LogP contribution in [0.15, 0.2) is 0 Å². The van der Waals surface area contributed by atoms with E-state index in [0.29, 0.717) is 0 Å². The molecule has 0 saturated heterocycles. The lowest BCUT2D eigenvalue weighted by Crippen LogP contribution is -2.44. The first-order valence-corrected chi connectivity index (χ1v) is 3.24. The van der Waals surface area contributed by atoms with Gasteiger partial charge in [-0.15, -0.1) is 12.4 Å². The molecule has 0 fully saturated rings. The average Bonchev–Trinajstić information content (AvgIpc) is 1.88. The Kier molecular flexibility index (Phi) is 7.72. The van der Waals surface area contributed by atoms with E-state index in [1.165, 1.54) is 7.05 Å². The summed E-state index contributed by atoms with van der Waals surface area (Å²) in [6, 6.07) is -0.509. The Balaban J connectivity index is 0. The topological polar surface area (TPSA) is 61.4 Å². The maximum absolute atomic E-state index is 10.9. The van der Waals surface area contributed by atoms with Crippen molar-refractivity contribution in [1.29, 1.82) is 0 Å². The Bertz CT molecular complexity index is 119. The zero-order valence-electron chi connectivity index (χ0n) is 6.92. The van der Waals surface area contributed by atoms with Gasteiger partial charge in [-0.1, -0.05) is 13.8 Å². The lowest BCUT2D eigenvalue weighted by atomic mass is 10.1. The van der Waals surface area contributed by atoms with Gasteiger partial charge in [0, 0.05) is 7.05 Å². The van der Waals surface area contributed by atoms with Crippen molar-refractivity contribution in [3.05, 3.63) is 0 Å². The minimum atomic E-state index is -0.509. The maximum Gasteiger partial charge on any atom is 0.239 e. The fourth-order valence-corrected chi connectivity index (χ4v) is 0.666. The largest absolute Gasteiger partial charge is 0.358 e. The molecule has 0 aromatic heterocycles. The van der Waals surface area contributed by atoms with Gasteiger partial charge in [-0.25, -0.2) is 0 Å². The number of nitrogens with one attached hydrogen (secondary N) is 2. The van der Waals surface area contributed by atoms with Crippen LogP contribution in [0.2, 0.25) is 0 Å². The van der Waals surface area contributed by atoms with Gasteiger partial charge in [-0.3, -0.25) is 4.79 Å². The molecule has 0 aliphatic heterocycles. The molecule has 0 aliphatic carbocycles. The highest BCUT2D eigenvalue weighted by molar-refractivity contribution is 5.85. The Morgan fingerprint density at radius 1 is 1.45 bits per heavy atom. The van der Waals surface area contributed by atoms with Crippen molar-refractivity contribution >= 4 is 18.3 Å². The van der Waals surface area contributed by atoms with Crippen molar-refractivity contribution in [2.45, 2.75) is 19.9 Å². The number of rotatable bonds is 3. The third-order valence-corrected chi connectivity index (χ3v) is 1.33. The Morgan fingerprint density at radius 3 is 2.00 bits per heavy atom. The van der Waals surface area contributed by atoms with Gasteiger partial charge in [0.05, 0.1) is 0 Å². The number of carbonyl (C=O) groups excluding carboxylic acids is 1. The van der Waals surface area contributed by atoms with E-state index in [1.54, 1.807) is 0 Å². The van der Waals surface area contributed by atoms with E-state index in [2.05, 4.69) is 5.32 Å². The van der Waals surface area contributed by atoms with Crippen molar-refractivity contribution in [2.75, 3.05) is 7.05 Å². The van der Waals surface area contributed by atoms with Gasteiger partial charge in [-0.2, -0.15) is 5.48 Å². The van der Waals surface area contributed by atoms with Crippen LogP contribution in [0.5, 0.6) is 0 Å². The number of hydroxylamine groups is 1. The summed E-state index contributed by atoms with van der Waals surface area (Å²) in [7, 11) is 1.54. The maximum atomic E-state index is 10.9. The number of hydrogen-bond donors (Lipinski definition) is 3. The van der Waals surface area contributed by atoms with Crippen LogP contribution in [0, 0.1) is 5.92 Å². The number of likely N-dealkylation sites (N-methyl/N-ethyl adjacent to an activating group) is 1. The van der Waals surface area contributed by atoms with E-state index >= 15 is 0 Å². The molecule has 0 heterocycles. The molecule has 0 spiro atoms. The van der Waals surface area contributed by atoms with Crippen LogP contribution in [0.4, 0.5) is 0 Å². The van der Waals surface area contributed by atoms with Crippen LogP contribution in [0.25, 0.3) is 0 Å². The smallest absolute Gasteiger partial charge is 0.239 e. The first-order chi connectivity index (χ1) is 4.63. The number of halogens is 1. The Hall–Kier alpha value is -0.320. The zero-order valence-corrected chi connectivity index (χ0v) is 7.73. The summed E-state index contributed by atoms with van der Waals surface area (Å²) in [4.78, 5) is 10.9. The zero-order chi connectivity index (χ0) is 8.15. The quantitative estimate of drug-likeness (QED) is 0.545. The molecule has 1 atom stereocenters. The molecular weight excluding hydrogens is 168 g/mol. The van der Waals surface area contributed by atoms with E-state index in [1.807, 2.05) is 19.3 Å². The van der Waals surface area contributed by atoms with Crippen LogP contribution in [-0.2, 0) is 4.79 Å². The summed E-state index contributed by atoms with van der Waals surface area (Å²) >= 11 is 0. The van der Waals surface area contributed by atoms with Gasteiger partial charge < -0.3 is 10.5 Å². The fraction of sp³-hybridized carbons (Fsp3) is 0.833. The average molecular weight is 183 g/mol. The van der Waals surface area contributed by atoms with Gasteiger partial charge in [0.2, 0.25) is 5.91 Å². The monoisotopic (exact) mass is 182 g/mol. The van der Waals surface area contributed by atoms with Crippen molar-refractivity contribution in [1.82, 2.24) is 10.8 Å². The van der Waals surface area contributed by atoms with Crippen LogP contribution >= 0.6 is 12.4 Å². The molecule has 0 saturated carbocycles. The second-order valence-corrected chi connectivity index (χ2v) is 2.47. The van der Waals surface area contributed by atoms with E-state index in [9.17, 15) is 4.79 Å². The minimum absolute atomic E-state index is 0. The highest BCUT2D eigenvalue weighted by atomic mass is 35.5. The third-order valence-electron chi connectivity index (χ3n) is 1.33. The van der Waals surface area contributed by atoms with Crippen LogP contribution in [0.1, 0.15) is 13.8 Å². The highest BCUT2D eigenvalue weighted by Gasteiger charge is 2.18. The van der Waals surface area contributed by atoms with Gasteiger partial charge in [0.15, 0.2) is 0 Å². The van der Waals surface area contributed by atoms with Crippen molar-refractivity contribution in [3.63, 3.8) is 0 Å². The highest BCUT2D eigenvalue weighted by Crippen LogP contribution is 1.99. The summed E-state index contributed by atoms with van der Waals surface area (Å²) in [5.74, 6) is -0.109. The first kappa shape index (κ1) is 13.3. The second kappa shape index (κ2) is 6.39. The third kappa shape index (κ3) is 4.19.